The molecule has 1 heterocycles. The summed E-state index contributed by atoms with van der Waals surface area (Å²) in [7, 11) is 1.75. The molecule has 1 amide bonds. The summed E-state index contributed by atoms with van der Waals surface area (Å²) in [6.07, 6.45) is 3.88. The summed E-state index contributed by atoms with van der Waals surface area (Å²) >= 11 is 0. The molecule has 64 valence electrons. The molecule has 0 aliphatic rings. The van der Waals surface area contributed by atoms with Crippen LogP contribution in [0.3, 0.4) is 0 Å². The van der Waals surface area contributed by atoms with E-state index in [0.29, 0.717) is 6.42 Å². The molecule has 1 aromatic rings. The third kappa shape index (κ3) is 1.81. The van der Waals surface area contributed by atoms with E-state index in [9.17, 15) is 4.79 Å². The Morgan fingerprint density at radius 2 is 2.42 bits per heavy atom. The van der Waals surface area contributed by atoms with Gasteiger partial charge in [0.15, 0.2) is 0 Å². The number of nitrogens with zero attached hydrogens (tertiary/aromatic N) is 2. The van der Waals surface area contributed by atoms with Gasteiger partial charge in [0.05, 0.1) is 11.9 Å². The van der Waals surface area contributed by atoms with E-state index in [1.54, 1.807) is 24.3 Å². The van der Waals surface area contributed by atoms with Crippen LogP contribution in [0.25, 0.3) is 0 Å². The predicted molar refractivity (Wildman–Crippen MR) is 47.9 cm³/mol. The van der Waals surface area contributed by atoms with Crippen molar-refractivity contribution in [1.29, 1.82) is 0 Å². The monoisotopic (exact) mass is 164 g/mol. The number of rotatable bonds is 2. The van der Waals surface area contributed by atoms with Gasteiger partial charge in [-0.05, 0) is 12.1 Å². The van der Waals surface area contributed by atoms with Gasteiger partial charge in [-0.15, -0.1) is 0 Å². The van der Waals surface area contributed by atoms with Gasteiger partial charge in [-0.1, -0.05) is 6.92 Å². The number of amides is 1. The molecule has 1 aromatic heterocycles. The Labute approximate surface area is 72.0 Å². The average molecular weight is 164 g/mol. The Hall–Kier alpha value is -1.38. The number of carbonyl (C=O) groups is 1. The van der Waals surface area contributed by atoms with Gasteiger partial charge in [0.25, 0.3) is 0 Å². The van der Waals surface area contributed by atoms with Gasteiger partial charge in [-0.2, -0.15) is 0 Å². The van der Waals surface area contributed by atoms with Crippen molar-refractivity contribution < 1.29 is 4.79 Å². The van der Waals surface area contributed by atoms with Gasteiger partial charge in [0.2, 0.25) is 5.91 Å². The van der Waals surface area contributed by atoms with E-state index in [1.165, 1.54) is 0 Å². The second-order valence-electron chi connectivity index (χ2n) is 2.52. The molecule has 0 aliphatic carbocycles. The van der Waals surface area contributed by atoms with E-state index in [4.69, 9.17) is 0 Å². The van der Waals surface area contributed by atoms with Crippen molar-refractivity contribution in [2.24, 2.45) is 0 Å². The normalized spacial score (nSPS) is 9.50. The van der Waals surface area contributed by atoms with Crippen LogP contribution in [-0.2, 0) is 4.79 Å². The molecule has 0 atom stereocenters. The van der Waals surface area contributed by atoms with Crippen molar-refractivity contribution in [3.63, 3.8) is 0 Å². The van der Waals surface area contributed by atoms with Gasteiger partial charge >= 0.3 is 0 Å². The minimum absolute atomic E-state index is 0.100. The van der Waals surface area contributed by atoms with Crippen molar-refractivity contribution in [3.8, 4) is 0 Å². The molecular weight excluding hydrogens is 152 g/mol. The summed E-state index contributed by atoms with van der Waals surface area (Å²) < 4.78 is 0. The Kier molecular flexibility index (Phi) is 2.80. The highest BCUT2D eigenvalue weighted by Crippen LogP contribution is 2.09. The molecule has 3 heteroatoms. The van der Waals surface area contributed by atoms with Crippen LogP contribution in [0.4, 0.5) is 5.69 Å². The number of carbonyl (C=O) groups excluding carboxylic acids is 1. The lowest BCUT2D eigenvalue weighted by Crippen LogP contribution is -2.24. The molecule has 0 radical (unpaired) electrons. The maximum absolute atomic E-state index is 11.2. The van der Waals surface area contributed by atoms with E-state index in [2.05, 4.69) is 4.98 Å². The second-order valence-corrected chi connectivity index (χ2v) is 2.52. The maximum atomic E-state index is 11.2. The highest BCUT2D eigenvalue weighted by Gasteiger charge is 2.06. The van der Waals surface area contributed by atoms with E-state index >= 15 is 0 Å². The van der Waals surface area contributed by atoms with Crippen LogP contribution in [0.2, 0.25) is 0 Å². The molecule has 0 saturated carbocycles. The van der Waals surface area contributed by atoms with Gasteiger partial charge in [-0.3, -0.25) is 9.78 Å². The topological polar surface area (TPSA) is 33.2 Å². The minimum atomic E-state index is 0.100. The molecule has 0 aromatic carbocycles. The third-order valence-corrected chi connectivity index (χ3v) is 1.71. The average Bonchev–Trinajstić information content (AvgIpc) is 2.17. The number of aromatic nitrogens is 1. The fourth-order valence-electron chi connectivity index (χ4n) is 0.933. The van der Waals surface area contributed by atoms with Crippen LogP contribution in [0.15, 0.2) is 24.5 Å². The lowest BCUT2D eigenvalue weighted by Gasteiger charge is -2.15. The van der Waals surface area contributed by atoms with Crippen LogP contribution in [0, 0.1) is 0 Å². The standard InChI is InChI=1S/C9H12N2O/c1-3-9(12)11(2)8-5-4-6-10-7-8/h4-7H,3H2,1-2H3. The third-order valence-electron chi connectivity index (χ3n) is 1.71. The highest BCUT2D eigenvalue weighted by molar-refractivity contribution is 5.92. The zero-order chi connectivity index (χ0) is 8.97. The van der Waals surface area contributed by atoms with Crippen LogP contribution in [-0.4, -0.2) is 17.9 Å². The molecule has 0 bridgehead atoms. The highest BCUT2D eigenvalue weighted by atomic mass is 16.2. The Morgan fingerprint density at radius 1 is 1.67 bits per heavy atom. The summed E-state index contributed by atoms with van der Waals surface area (Å²) in [6.45, 7) is 1.84. The first-order valence-corrected chi connectivity index (χ1v) is 3.92. The molecule has 3 nitrogen and oxygen atoms in total. The molecular formula is C9H12N2O. The first-order chi connectivity index (χ1) is 5.75. The van der Waals surface area contributed by atoms with Gasteiger partial charge in [-0.25, -0.2) is 0 Å². The van der Waals surface area contributed by atoms with E-state index < -0.39 is 0 Å². The number of pyridine rings is 1. The van der Waals surface area contributed by atoms with Crippen LogP contribution < -0.4 is 4.90 Å². The molecule has 0 saturated heterocycles. The van der Waals surface area contributed by atoms with Gasteiger partial charge in [0, 0.05) is 19.7 Å². The summed E-state index contributed by atoms with van der Waals surface area (Å²) in [6, 6.07) is 3.68. The summed E-state index contributed by atoms with van der Waals surface area (Å²) in [5.41, 5.74) is 0.837. The van der Waals surface area contributed by atoms with Crippen molar-refractivity contribution in [2.75, 3.05) is 11.9 Å². The Balaban J connectivity index is 2.78. The Bertz CT molecular complexity index is 258. The maximum Gasteiger partial charge on any atom is 0.226 e. The number of hydrogen-bond acceptors (Lipinski definition) is 2. The summed E-state index contributed by atoms with van der Waals surface area (Å²) in [5, 5.41) is 0. The summed E-state index contributed by atoms with van der Waals surface area (Å²) in [4.78, 5) is 16.7. The predicted octanol–water partition coefficient (Wildman–Crippen LogP) is 1.45. The van der Waals surface area contributed by atoms with E-state index in [0.717, 1.165) is 5.69 Å². The van der Waals surface area contributed by atoms with Crippen molar-refractivity contribution in [1.82, 2.24) is 4.98 Å². The lowest BCUT2D eigenvalue weighted by atomic mass is 10.3. The quantitative estimate of drug-likeness (QED) is 0.663. The Morgan fingerprint density at radius 3 is 2.92 bits per heavy atom. The van der Waals surface area contributed by atoms with Crippen LogP contribution >= 0.6 is 0 Å². The fraction of sp³-hybridized carbons (Fsp3) is 0.333. The fourth-order valence-corrected chi connectivity index (χ4v) is 0.933. The zero-order valence-electron chi connectivity index (χ0n) is 7.32. The lowest BCUT2D eigenvalue weighted by molar-refractivity contribution is -0.118. The van der Waals surface area contributed by atoms with Crippen molar-refractivity contribution >= 4 is 11.6 Å². The van der Waals surface area contributed by atoms with Crippen molar-refractivity contribution in [3.05, 3.63) is 24.5 Å². The number of hydrogen-bond donors (Lipinski definition) is 0. The minimum Gasteiger partial charge on any atom is -0.314 e. The molecule has 1 rings (SSSR count). The number of anilines is 1. The van der Waals surface area contributed by atoms with Crippen molar-refractivity contribution in [2.45, 2.75) is 13.3 Å². The molecule has 0 N–H and O–H groups in total. The van der Waals surface area contributed by atoms with Gasteiger partial charge < -0.3 is 4.90 Å². The molecule has 0 spiro atoms. The first kappa shape index (κ1) is 8.71. The SMILES string of the molecule is CCC(=O)N(C)c1cccnc1. The van der Waals surface area contributed by atoms with Gasteiger partial charge in [0.1, 0.15) is 0 Å². The van der Waals surface area contributed by atoms with E-state index in [1.807, 2.05) is 19.1 Å². The smallest absolute Gasteiger partial charge is 0.226 e. The zero-order valence-corrected chi connectivity index (χ0v) is 7.32. The first-order valence-electron chi connectivity index (χ1n) is 3.92. The summed E-state index contributed by atoms with van der Waals surface area (Å²) in [5.74, 6) is 0.100. The molecule has 0 aliphatic heterocycles. The molecule has 0 fully saturated rings. The van der Waals surface area contributed by atoms with Crippen LogP contribution in [0.1, 0.15) is 13.3 Å². The molecule has 12 heavy (non-hydrogen) atoms. The van der Waals surface area contributed by atoms with E-state index in [-0.39, 0.29) is 5.91 Å². The molecule has 0 unspecified atom stereocenters. The second kappa shape index (κ2) is 3.85. The van der Waals surface area contributed by atoms with Crippen LogP contribution in [0.5, 0.6) is 0 Å². The largest absolute Gasteiger partial charge is 0.314 e.